The number of imidazole rings is 1. The van der Waals surface area contributed by atoms with E-state index in [1.807, 2.05) is 24.2 Å². The second-order valence-corrected chi connectivity index (χ2v) is 7.05. The molecule has 134 valence electrons. The van der Waals surface area contributed by atoms with Crippen LogP contribution in [0.25, 0.3) is 11.0 Å². The fourth-order valence-electron chi connectivity index (χ4n) is 4.04. The highest BCUT2D eigenvalue weighted by Crippen LogP contribution is 2.27. The van der Waals surface area contributed by atoms with Crippen LogP contribution in [0.5, 0.6) is 0 Å². The van der Waals surface area contributed by atoms with E-state index in [1.54, 1.807) is 0 Å². The summed E-state index contributed by atoms with van der Waals surface area (Å²) < 4.78 is 7.65. The molecule has 0 saturated carbocycles. The zero-order chi connectivity index (χ0) is 17.2. The average Bonchev–Trinajstić information content (AvgIpc) is 3.12. The van der Waals surface area contributed by atoms with Crippen LogP contribution in [0.3, 0.4) is 0 Å². The molecule has 0 radical (unpaired) electrons. The number of hydrogen-bond acceptors (Lipinski definition) is 4. The lowest BCUT2D eigenvalue weighted by molar-refractivity contribution is -0.141. The summed E-state index contributed by atoms with van der Waals surface area (Å²) in [5.41, 5.74) is 2.22. The van der Waals surface area contributed by atoms with Gasteiger partial charge in [-0.05, 0) is 38.4 Å². The van der Waals surface area contributed by atoms with Crippen molar-refractivity contribution in [2.24, 2.45) is 0 Å². The number of ether oxygens (including phenoxy) is 1. The van der Waals surface area contributed by atoms with Crippen LogP contribution >= 0.6 is 0 Å². The van der Waals surface area contributed by atoms with Gasteiger partial charge in [-0.1, -0.05) is 12.1 Å². The number of carbonyl (C=O) groups excluding carboxylic acids is 1. The van der Waals surface area contributed by atoms with Gasteiger partial charge in [0.15, 0.2) is 0 Å². The quantitative estimate of drug-likeness (QED) is 0.855. The highest BCUT2D eigenvalue weighted by atomic mass is 16.5. The number of aromatic nitrogens is 2. The van der Waals surface area contributed by atoms with E-state index in [0.29, 0.717) is 32.3 Å². The van der Waals surface area contributed by atoms with Gasteiger partial charge in [0, 0.05) is 25.7 Å². The zero-order valence-electron chi connectivity index (χ0n) is 14.8. The summed E-state index contributed by atoms with van der Waals surface area (Å²) in [5.74, 6) is 0.236. The van der Waals surface area contributed by atoms with Crippen molar-refractivity contribution < 1.29 is 9.53 Å². The number of benzene rings is 1. The molecule has 25 heavy (non-hydrogen) atoms. The van der Waals surface area contributed by atoms with Crippen molar-refractivity contribution in [1.82, 2.24) is 19.4 Å². The molecular weight excluding hydrogens is 316 g/mol. The first-order valence-corrected chi connectivity index (χ1v) is 9.26. The van der Waals surface area contributed by atoms with Gasteiger partial charge in [-0.25, -0.2) is 4.98 Å². The maximum atomic E-state index is 12.8. The SMILES string of the molecule is CC(C(=O)N1CCOCC1)N1CCCC(n2cnc3ccccc32)C1. The smallest absolute Gasteiger partial charge is 0.239 e. The first kappa shape index (κ1) is 16.5. The maximum Gasteiger partial charge on any atom is 0.239 e. The minimum absolute atomic E-state index is 0.0734. The number of amides is 1. The lowest BCUT2D eigenvalue weighted by atomic mass is 10.0. The molecule has 0 bridgehead atoms. The topological polar surface area (TPSA) is 50.6 Å². The molecule has 2 aliphatic rings. The summed E-state index contributed by atoms with van der Waals surface area (Å²) in [4.78, 5) is 21.6. The number of hydrogen-bond donors (Lipinski definition) is 0. The third-order valence-electron chi connectivity index (χ3n) is 5.53. The van der Waals surface area contributed by atoms with E-state index < -0.39 is 0 Å². The summed E-state index contributed by atoms with van der Waals surface area (Å²) in [6, 6.07) is 8.57. The van der Waals surface area contributed by atoms with Gasteiger partial charge in [0.25, 0.3) is 0 Å². The highest BCUT2D eigenvalue weighted by Gasteiger charge is 2.31. The van der Waals surface area contributed by atoms with Crippen molar-refractivity contribution in [3.63, 3.8) is 0 Å². The Balaban J connectivity index is 1.48. The normalized spacial score (nSPS) is 23.7. The second kappa shape index (κ2) is 7.14. The van der Waals surface area contributed by atoms with E-state index >= 15 is 0 Å². The number of fused-ring (bicyclic) bond motifs is 1. The molecule has 2 aromatic rings. The van der Waals surface area contributed by atoms with Crippen LogP contribution in [-0.2, 0) is 9.53 Å². The van der Waals surface area contributed by atoms with Crippen LogP contribution < -0.4 is 0 Å². The summed E-state index contributed by atoms with van der Waals surface area (Å²) in [7, 11) is 0. The summed E-state index contributed by atoms with van der Waals surface area (Å²) >= 11 is 0. The van der Waals surface area contributed by atoms with Crippen molar-refractivity contribution in [1.29, 1.82) is 0 Å². The average molecular weight is 342 g/mol. The molecule has 6 nitrogen and oxygen atoms in total. The minimum atomic E-state index is -0.0734. The van der Waals surface area contributed by atoms with Crippen molar-refractivity contribution in [2.45, 2.75) is 31.8 Å². The fourth-order valence-corrected chi connectivity index (χ4v) is 4.04. The Morgan fingerprint density at radius 1 is 1.24 bits per heavy atom. The van der Waals surface area contributed by atoms with Crippen LogP contribution in [-0.4, -0.2) is 70.7 Å². The van der Waals surface area contributed by atoms with E-state index in [1.165, 1.54) is 5.52 Å². The van der Waals surface area contributed by atoms with Gasteiger partial charge < -0.3 is 14.2 Å². The lowest BCUT2D eigenvalue weighted by Gasteiger charge is -2.39. The molecule has 1 aromatic heterocycles. The van der Waals surface area contributed by atoms with Crippen molar-refractivity contribution in [3.8, 4) is 0 Å². The molecule has 1 aromatic carbocycles. The minimum Gasteiger partial charge on any atom is -0.378 e. The number of nitrogens with zero attached hydrogens (tertiary/aromatic N) is 4. The van der Waals surface area contributed by atoms with E-state index in [9.17, 15) is 4.79 Å². The predicted octanol–water partition coefficient (Wildman–Crippen LogP) is 1.92. The van der Waals surface area contributed by atoms with Gasteiger partial charge in [0.05, 0.1) is 36.6 Å². The van der Waals surface area contributed by atoms with Crippen LogP contribution in [0, 0.1) is 0 Å². The number of piperidine rings is 1. The number of likely N-dealkylation sites (tertiary alicyclic amines) is 1. The van der Waals surface area contributed by atoms with Gasteiger partial charge in [-0.3, -0.25) is 9.69 Å². The van der Waals surface area contributed by atoms with Gasteiger partial charge in [0.2, 0.25) is 5.91 Å². The first-order valence-electron chi connectivity index (χ1n) is 9.26. The van der Waals surface area contributed by atoms with Crippen molar-refractivity contribution >= 4 is 16.9 Å². The third kappa shape index (κ3) is 3.28. The Hall–Kier alpha value is -1.92. The van der Waals surface area contributed by atoms with Crippen LogP contribution in [0.15, 0.2) is 30.6 Å². The summed E-state index contributed by atoms with van der Waals surface area (Å²) in [5, 5.41) is 0. The van der Waals surface area contributed by atoms with Gasteiger partial charge in [0.1, 0.15) is 0 Å². The van der Waals surface area contributed by atoms with Gasteiger partial charge >= 0.3 is 0 Å². The zero-order valence-corrected chi connectivity index (χ0v) is 14.8. The Bertz CT molecular complexity index is 738. The standard InChI is InChI=1S/C19H26N4O2/c1-15(19(24)21-9-11-25-12-10-21)22-8-4-5-16(13-22)23-14-20-17-6-2-3-7-18(17)23/h2-3,6-7,14-16H,4-5,8-13H2,1H3. The van der Waals surface area contributed by atoms with E-state index in [0.717, 1.165) is 31.4 Å². The molecule has 2 fully saturated rings. The Labute approximate surface area is 148 Å². The molecule has 0 N–H and O–H groups in total. The van der Waals surface area contributed by atoms with E-state index in [2.05, 4.69) is 32.7 Å². The molecule has 6 heteroatoms. The predicted molar refractivity (Wildman–Crippen MR) is 96.4 cm³/mol. The molecule has 2 saturated heterocycles. The largest absolute Gasteiger partial charge is 0.378 e. The number of rotatable bonds is 3. The lowest BCUT2D eigenvalue weighted by Crippen LogP contribution is -2.52. The number of morpholine rings is 1. The highest BCUT2D eigenvalue weighted by molar-refractivity contribution is 5.81. The molecule has 3 heterocycles. The molecule has 0 aliphatic carbocycles. The first-order chi connectivity index (χ1) is 12.2. The third-order valence-corrected chi connectivity index (χ3v) is 5.53. The molecule has 1 amide bonds. The van der Waals surface area contributed by atoms with E-state index in [-0.39, 0.29) is 11.9 Å². The van der Waals surface area contributed by atoms with Crippen molar-refractivity contribution in [3.05, 3.63) is 30.6 Å². The Morgan fingerprint density at radius 3 is 2.88 bits per heavy atom. The number of para-hydroxylation sites is 2. The molecule has 2 unspecified atom stereocenters. The second-order valence-electron chi connectivity index (χ2n) is 7.05. The number of carbonyl (C=O) groups is 1. The maximum absolute atomic E-state index is 12.8. The van der Waals surface area contributed by atoms with Crippen LogP contribution in [0.2, 0.25) is 0 Å². The molecule has 0 spiro atoms. The molecule has 2 aliphatic heterocycles. The summed E-state index contributed by atoms with van der Waals surface area (Å²) in [6.45, 7) is 6.67. The fraction of sp³-hybridized carbons (Fsp3) is 0.579. The van der Waals surface area contributed by atoms with Crippen LogP contribution in [0.4, 0.5) is 0 Å². The van der Waals surface area contributed by atoms with E-state index in [4.69, 9.17) is 4.74 Å². The Morgan fingerprint density at radius 2 is 2.04 bits per heavy atom. The molecule has 2 atom stereocenters. The van der Waals surface area contributed by atoms with Gasteiger partial charge in [-0.2, -0.15) is 0 Å². The Kier molecular flexibility index (Phi) is 4.72. The molecule has 4 rings (SSSR count). The van der Waals surface area contributed by atoms with Crippen molar-refractivity contribution in [2.75, 3.05) is 39.4 Å². The van der Waals surface area contributed by atoms with Gasteiger partial charge in [-0.15, -0.1) is 0 Å². The summed E-state index contributed by atoms with van der Waals surface area (Å²) in [6.07, 6.45) is 4.19. The van der Waals surface area contributed by atoms with Crippen LogP contribution in [0.1, 0.15) is 25.8 Å². The molecular formula is C19H26N4O2. The monoisotopic (exact) mass is 342 g/mol.